The molecule has 0 bridgehead atoms. The summed E-state index contributed by atoms with van der Waals surface area (Å²) in [5.74, 6) is 0.736. The zero-order valence-electron chi connectivity index (χ0n) is 14.6. The molecule has 0 aliphatic carbocycles. The fourth-order valence-corrected chi connectivity index (χ4v) is 3.13. The molecule has 138 valence electrons. The van der Waals surface area contributed by atoms with Gasteiger partial charge in [0.2, 0.25) is 0 Å². The molecule has 2 N–H and O–H groups in total. The van der Waals surface area contributed by atoms with Crippen molar-refractivity contribution in [2.75, 3.05) is 13.7 Å². The van der Waals surface area contributed by atoms with Gasteiger partial charge >= 0.3 is 6.09 Å². The minimum Gasteiger partial charge on any atom is -0.497 e. The van der Waals surface area contributed by atoms with Gasteiger partial charge in [0, 0.05) is 0 Å². The molecule has 2 aromatic rings. The van der Waals surface area contributed by atoms with Crippen molar-refractivity contribution in [3.8, 4) is 5.75 Å². The van der Waals surface area contributed by atoms with Gasteiger partial charge in [-0.1, -0.05) is 42.5 Å². The van der Waals surface area contributed by atoms with Crippen molar-refractivity contribution >= 4 is 6.09 Å². The third-order valence-corrected chi connectivity index (χ3v) is 4.62. The maximum Gasteiger partial charge on any atom is 0.410 e. The van der Waals surface area contributed by atoms with Crippen LogP contribution in [-0.4, -0.2) is 53.1 Å². The van der Waals surface area contributed by atoms with Gasteiger partial charge in [0.1, 0.15) is 18.5 Å². The lowest BCUT2D eigenvalue weighted by molar-refractivity contribution is 0.0361. The number of benzene rings is 2. The predicted molar refractivity (Wildman–Crippen MR) is 95.8 cm³/mol. The van der Waals surface area contributed by atoms with Gasteiger partial charge in [0.25, 0.3) is 0 Å². The van der Waals surface area contributed by atoms with Crippen LogP contribution in [0.1, 0.15) is 11.1 Å². The fourth-order valence-electron chi connectivity index (χ4n) is 3.13. The number of rotatable bonds is 5. The second-order valence-electron chi connectivity index (χ2n) is 6.37. The first kappa shape index (κ1) is 18.2. The van der Waals surface area contributed by atoms with Crippen LogP contribution < -0.4 is 4.74 Å². The van der Waals surface area contributed by atoms with Crippen molar-refractivity contribution in [3.63, 3.8) is 0 Å². The minimum absolute atomic E-state index is 0.0512. The number of ether oxygens (including phenoxy) is 2. The van der Waals surface area contributed by atoms with Crippen molar-refractivity contribution < 1.29 is 24.5 Å². The quantitative estimate of drug-likeness (QED) is 0.855. The zero-order chi connectivity index (χ0) is 18.5. The first-order valence-corrected chi connectivity index (χ1v) is 8.55. The Morgan fingerprint density at radius 3 is 2.42 bits per heavy atom. The Bertz CT molecular complexity index is 719. The summed E-state index contributed by atoms with van der Waals surface area (Å²) in [5.41, 5.74) is 1.82. The molecule has 0 unspecified atom stereocenters. The van der Waals surface area contributed by atoms with E-state index in [1.807, 2.05) is 54.6 Å². The number of carbonyl (C=O) groups excluding carboxylic acids is 1. The average Bonchev–Trinajstić information content (AvgIpc) is 2.96. The molecule has 1 saturated heterocycles. The lowest BCUT2D eigenvalue weighted by Gasteiger charge is -2.25. The SMILES string of the molecule is COc1ccc(C[C@H]2[C@H](O)[C@@H](O)CN2C(=O)OCc2ccccc2)cc1. The van der Waals surface area contributed by atoms with E-state index in [4.69, 9.17) is 9.47 Å². The van der Waals surface area contributed by atoms with E-state index in [0.717, 1.165) is 16.9 Å². The molecule has 0 radical (unpaired) electrons. The average molecular weight is 357 g/mol. The number of β-amino-alcohol motifs (C(OH)–C–C–N with tert-alkyl or cyclic N) is 1. The van der Waals surface area contributed by atoms with E-state index < -0.39 is 24.3 Å². The standard InChI is InChI=1S/C20H23NO5/c1-25-16-9-7-14(8-10-16)11-17-19(23)18(22)12-21(17)20(24)26-13-15-5-3-2-4-6-15/h2-10,17-19,22-23H,11-13H2,1H3/t17-,18-,19-/m0/s1. The Balaban J connectivity index is 1.66. The summed E-state index contributed by atoms with van der Waals surface area (Å²) in [7, 11) is 1.59. The Kier molecular flexibility index (Phi) is 5.75. The predicted octanol–water partition coefficient (Wildman–Crippen LogP) is 1.98. The minimum atomic E-state index is -1.01. The van der Waals surface area contributed by atoms with Crippen LogP contribution in [0.15, 0.2) is 54.6 Å². The van der Waals surface area contributed by atoms with Crippen molar-refractivity contribution in [1.82, 2.24) is 4.90 Å². The molecule has 1 aliphatic heterocycles. The fraction of sp³-hybridized carbons (Fsp3) is 0.350. The number of amides is 1. The van der Waals surface area contributed by atoms with Crippen LogP contribution in [0.25, 0.3) is 0 Å². The lowest BCUT2D eigenvalue weighted by Crippen LogP contribution is -2.41. The van der Waals surface area contributed by atoms with Crippen LogP contribution in [-0.2, 0) is 17.8 Å². The molecule has 26 heavy (non-hydrogen) atoms. The Hall–Kier alpha value is -2.57. The largest absolute Gasteiger partial charge is 0.497 e. The summed E-state index contributed by atoms with van der Waals surface area (Å²) in [6, 6.07) is 16.2. The van der Waals surface area contributed by atoms with Crippen molar-refractivity contribution in [3.05, 3.63) is 65.7 Å². The Morgan fingerprint density at radius 1 is 1.08 bits per heavy atom. The van der Waals surface area contributed by atoms with E-state index in [2.05, 4.69) is 0 Å². The van der Waals surface area contributed by atoms with Gasteiger partial charge in [0.05, 0.1) is 25.8 Å². The highest BCUT2D eigenvalue weighted by Crippen LogP contribution is 2.24. The first-order chi connectivity index (χ1) is 12.6. The van der Waals surface area contributed by atoms with Crippen molar-refractivity contribution in [2.45, 2.75) is 31.3 Å². The molecule has 1 heterocycles. The molecule has 0 aromatic heterocycles. The summed E-state index contributed by atoms with van der Waals surface area (Å²) >= 11 is 0. The molecule has 1 aliphatic rings. The summed E-state index contributed by atoms with van der Waals surface area (Å²) in [4.78, 5) is 13.9. The van der Waals surface area contributed by atoms with Crippen LogP contribution in [0.4, 0.5) is 4.79 Å². The van der Waals surface area contributed by atoms with Crippen LogP contribution >= 0.6 is 0 Å². The molecule has 6 heteroatoms. The van der Waals surface area contributed by atoms with Crippen LogP contribution in [0.2, 0.25) is 0 Å². The maximum absolute atomic E-state index is 12.5. The smallest absolute Gasteiger partial charge is 0.410 e. The molecular weight excluding hydrogens is 334 g/mol. The van der Waals surface area contributed by atoms with Gasteiger partial charge in [-0.15, -0.1) is 0 Å². The number of nitrogens with zero attached hydrogens (tertiary/aromatic N) is 1. The molecule has 3 atom stereocenters. The van der Waals surface area contributed by atoms with E-state index >= 15 is 0 Å². The lowest BCUT2D eigenvalue weighted by atomic mass is 10.0. The molecule has 0 saturated carbocycles. The number of methoxy groups -OCH3 is 1. The number of likely N-dealkylation sites (tertiary alicyclic amines) is 1. The number of aliphatic hydroxyl groups is 2. The second-order valence-corrected chi connectivity index (χ2v) is 6.37. The molecule has 1 amide bonds. The third kappa shape index (κ3) is 4.15. The highest BCUT2D eigenvalue weighted by Gasteiger charge is 2.43. The third-order valence-electron chi connectivity index (χ3n) is 4.62. The van der Waals surface area contributed by atoms with E-state index in [-0.39, 0.29) is 13.2 Å². The molecule has 0 spiro atoms. The Morgan fingerprint density at radius 2 is 1.77 bits per heavy atom. The van der Waals surface area contributed by atoms with E-state index in [1.54, 1.807) is 7.11 Å². The number of aliphatic hydroxyl groups excluding tert-OH is 2. The number of hydrogen-bond acceptors (Lipinski definition) is 5. The summed E-state index contributed by atoms with van der Waals surface area (Å²) in [6.45, 7) is 0.202. The number of carbonyl (C=O) groups is 1. The highest BCUT2D eigenvalue weighted by molar-refractivity contribution is 5.69. The molecule has 2 aromatic carbocycles. The maximum atomic E-state index is 12.5. The second kappa shape index (κ2) is 8.21. The van der Waals surface area contributed by atoms with Gasteiger partial charge in [-0.3, -0.25) is 4.90 Å². The normalized spacial score (nSPS) is 22.3. The van der Waals surface area contributed by atoms with E-state index in [9.17, 15) is 15.0 Å². The van der Waals surface area contributed by atoms with E-state index in [1.165, 1.54) is 4.90 Å². The van der Waals surface area contributed by atoms with Crippen molar-refractivity contribution in [2.24, 2.45) is 0 Å². The summed E-state index contributed by atoms with van der Waals surface area (Å²) < 4.78 is 10.5. The van der Waals surface area contributed by atoms with Crippen LogP contribution in [0.3, 0.4) is 0 Å². The van der Waals surface area contributed by atoms with Crippen LogP contribution in [0.5, 0.6) is 5.75 Å². The molecule has 6 nitrogen and oxygen atoms in total. The summed E-state index contributed by atoms with van der Waals surface area (Å²) in [6.07, 6.45) is -2.12. The van der Waals surface area contributed by atoms with E-state index in [0.29, 0.717) is 6.42 Å². The van der Waals surface area contributed by atoms with Gasteiger partial charge in [-0.05, 0) is 29.7 Å². The molecule has 1 fully saturated rings. The first-order valence-electron chi connectivity index (χ1n) is 8.55. The van der Waals surface area contributed by atoms with Gasteiger partial charge < -0.3 is 19.7 Å². The monoisotopic (exact) mass is 357 g/mol. The zero-order valence-corrected chi connectivity index (χ0v) is 14.6. The topological polar surface area (TPSA) is 79.2 Å². The summed E-state index contributed by atoms with van der Waals surface area (Å²) in [5, 5.41) is 20.3. The molecule has 3 rings (SSSR count). The van der Waals surface area contributed by atoms with Gasteiger partial charge in [-0.25, -0.2) is 4.79 Å². The van der Waals surface area contributed by atoms with Crippen LogP contribution in [0, 0.1) is 0 Å². The van der Waals surface area contributed by atoms with Crippen molar-refractivity contribution in [1.29, 1.82) is 0 Å². The Labute approximate surface area is 152 Å². The van der Waals surface area contributed by atoms with Gasteiger partial charge in [0.15, 0.2) is 0 Å². The number of hydrogen-bond donors (Lipinski definition) is 2. The van der Waals surface area contributed by atoms with Gasteiger partial charge in [-0.2, -0.15) is 0 Å². The molecular formula is C20H23NO5. The highest BCUT2D eigenvalue weighted by atomic mass is 16.6.